The molecular formula is C30H29N5O2. The highest BCUT2D eigenvalue weighted by Crippen LogP contribution is 2.23. The third-order valence-electron chi connectivity index (χ3n) is 6.43. The van der Waals surface area contributed by atoms with Gasteiger partial charge in [-0.3, -0.25) is 4.79 Å². The zero-order valence-corrected chi connectivity index (χ0v) is 20.4. The number of urea groups is 1. The van der Waals surface area contributed by atoms with E-state index in [2.05, 4.69) is 50.1 Å². The van der Waals surface area contributed by atoms with Crippen molar-refractivity contribution in [1.82, 2.24) is 15.6 Å². The number of carbonyl (C=O) groups is 2. The monoisotopic (exact) mass is 491 g/mol. The summed E-state index contributed by atoms with van der Waals surface area (Å²) in [6, 6.07) is 29.6. The molecule has 0 radical (unpaired) electrons. The third-order valence-corrected chi connectivity index (χ3v) is 6.43. The molecule has 1 aliphatic rings. The van der Waals surface area contributed by atoms with Gasteiger partial charge in [0.1, 0.15) is 11.9 Å². The van der Waals surface area contributed by atoms with Crippen molar-refractivity contribution in [2.45, 2.75) is 25.6 Å². The van der Waals surface area contributed by atoms with Gasteiger partial charge in [-0.15, -0.1) is 0 Å². The number of pyridine rings is 1. The number of hydrogen-bond donors (Lipinski definition) is 3. The standard InChI is InChI=1S/C30H29N5O2/c36-29(33-26-13-5-2-6-14-26)28(24-10-3-1-4-11-24)34-30(37)32-20-22-15-16-27(31-19-22)35-18-17-23-9-7-8-12-25(23)21-35/h1-16,19,28H,17-18,20-21H2,(H,33,36)(H2,32,34,37). The average Bonchev–Trinajstić information content (AvgIpc) is 2.96. The molecule has 0 saturated carbocycles. The molecule has 1 aliphatic heterocycles. The van der Waals surface area contributed by atoms with Gasteiger partial charge in [-0.2, -0.15) is 0 Å². The number of fused-ring (bicyclic) bond motifs is 1. The Morgan fingerprint density at radius 2 is 1.54 bits per heavy atom. The normalized spacial score (nSPS) is 13.2. The fraction of sp³-hybridized carbons (Fsp3) is 0.167. The number of nitrogens with one attached hydrogen (secondary N) is 3. The van der Waals surface area contributed by atoms with Crippen LogP contribution in [0, 0.1) is 0 Å². The molecule has 7 nitrogen and oxygen atoms in total. The van der Waals surface area contributed by atoms with Crippen LogP contribution in [0.3, 0.4) is 0 Å². The highest BCUT2D eigenvalue weighted by atomic mass is 16.2. The molecule has 0 saturated heterocycles. The van der Waals surface area contributed by atoms with Crippen molar-refractivity contribution in [1.29, 1.82) is 0 Å². The van der Waals surface area contributed by atoms with Gasteiger partial charge in [-0.25, -0.2) is 9.78 Å². The first-order valence-corrected chi connectivity index (χ1v) is 12.4. The number of rotatable bonds is 7. The largest absolute Gasteiger partial charge is 0.352 e. The molecule has 1 atom stereocenters. The number of hydrogen-bond acceptors (Lipinski definition) is 4. The molecule has 0 bridgehead atoms. The smallest absolute Gasteiger partial charge is 0.315 e. The number of anilines is 2. The summed E-state index contributed by atoms with van der Waals surface area (Å²) in [7, 11) is 0. The molecule has 1 aromatic heterocycles. The Hall–Kier alpha value is -4.65. The van der Waals surface area contributed by atoms with E-state index in [4.69, 9.17) is 0 Å². The quantitative estimate of drug-likeness (QED) is 0.346. The second kappa shape index (κ2) is 11.4. The molecule has 1 unspecified atom stereocenters. The van der Waals surface area contributed by atoms with Gasteiger partial charge in [0, 0.05) is 31.5 Å². The molecule has 3 amide bonds. The van der Waals surface area contributed by atoms with Crippen LogP contribution in [0.15, 0.2) is 103 Å². The summed E-state index contributed by atoms with van der Waals surface area (Å²) in [5.41, 5.74) is 4.97. The predicted octanol–water partition coefficient (Wildman–Crippen LogP) is 4.82. The van der Waals surface area contributed by atoms with Gasteiger partial charge >= 0.3 is 6.03 Å². The average molecular weight is 492 g/mol. The first-order chi connectivity index (χ1) is 18.2. The minimum absolute atomic E-state index is 0.295. The van der Waals surface area contributed by atoms with Crippen molar-refractivity contribution in [2.24, 2.45) is 0 Å². The molecule has 3 N–H and O–H groups in total. The second-order valence-electron chi connectivity index (χ2n) is 8.99. The second-order valence-corrected chi connectivity index (χ2v) is 8.99. The summed E-state index contributed by atoms with van der Waals surface area (Å²) in [4.78, 5) is 32.7. The lowest BCUT2D eigenvalue weighted by Crippen LogP contribution is -2.42. The van der Waals surface area contributed by atoms with Crippen molar-refractivity contribution < 1.29 is 9.59 Å². The molecule has 7 heteroatoms. The molecular weight excluding hydrogens is 462 g/mol. The Kier molecular flexibility index (Phi) is 7.41. The van der Waals surface area contributed by atoms with E-state index in [1.165, 1.54) is 11.1 Å². The molecule has 0 aliphatic carbocycles. The van der Waals surface area contributed by atoms with Crippen LogP contribution in [0.1, 0.15) is 28.3 Å². The molecule has 186 valence electrons. The maximum atomic E-state index is 13.0. The molecule has 2 heterocycles. The Labute approximate surface area is 216 Å². The minimum atomic E-state index is -0.844. The molecule has 3 aromatic carbocycles. The summed E-state index contributed by atoms with van der Waals surface area (Å²) in [5, 5.41) is 8.52. The van der Waals surface area contributed by atoms with Crippen LogP contribution in [-0.2, 0) is 24.3 Å². The first-order valence-electron chi connectivity index (χ1n) is 12.4. The SMILES string of the molecule is O=C(NCc1ccc(N2CCc3ccccc3C2)nc1)NC(C(=O)Nc1ccccc1)c1ccccc1. The van der Waals surface area contributed by atoms with E-state index in [9.17, 15) is 9.59 Å². The Morgan fingerprint density at radius 3 is 2.27 bits per heavy atom. The van der Waals surface area contributed by atoms with Gasteiger partial charge in [0.15, 0.2) is 0 Å². The number of para-hydroxylation sites is 1. The lowest BCUT2D eigenvalue weighted by Gasteiger charge is -2.29. The lowest BCUT2D eigenvalue weighted by molar-refractivity contribution is -0.118. The topological polar surface area (TPSA) is 86.4 Å². The number of amides is 3. The van der Waals surface area contributed by atoms with Crippen LogP contribution >= 0.6 is 0 Å². The van der Waals surface area contributed by atoms with Crippen LogP contribution in [-0.4, -0.2) is 23.5 Å². The Balaban J connectivity index is 1.18. The zero-order chi connectivity index (χ0) is 25.5. The van der Waals surface area contributed by atoms with E-state index >= 15 is 0 Å². The maximum Gasteiger partial charge on any atom is 0.315 e. The van der Waals surface area contributed by atoms with E-state index in [0.717, 1.165) is 30.9 Å². The Morgan fingerprint density at radius 1 is 0.838 bits per heavy atom. The van der Waals surface area contributed by atoms with Crippen molar-refractivity contribution in [3.05, 3.63) is 126 Å². The summed E-state index contributed by atoms with van der Waals surface area (Å²) < 4.78 is 0. The summed E-state index contributed by atoms with van der Waals surface area (Å²) in [6.07, 6.45) is 2.79. The van der Waals surface area contributed by atoms with Gasteiger partial charge in [-0.1, -0.05) is 78.9 Å². The highest BCUT2D eigenvalue weighted by Gasteiger charge is 2.23. The lowest BCUT2D eigenvalue weighted by atomic mass is 10.00. The minimum Gasteiger partial charge on any atom is -0.352 e. The van der Waals surface area contributed by atoms with Crippen LogP contribution in [0.5, 0.6) is 0 Å². The van der Waals surface area contributed by atoms with Crippen molar-refractivity contribution in [3.8, 4) is 0 Å². The van der Waals surface area contributed by atoms with Crippen LogP contribution in [0.4, 0.5) is 16.3 Å². The summed E-state index contributed by atoms with van der Waals surface area (Å²) in [6.45, 7) is 2.06. The highest BCUT2D eigenvalue weighted by molar-refractivity contribution is 5.97. The predicted molar refractivity (Wildman–Crippen MR) is 145 cm³/mol. The van der Waals surface area contributed by atoms with E-state index in [-0.39, 0.29) is 5.91 Å². The Bertz CT molecular complexity index is 1340. The van der Waals surface area contributed by atoms with Gasteiger partial charge in [-0.05, 0) is 46.9 Å². The summed E-state index contributed by atoms with van der Waals surface area (Å²) >= 11 is 0. The van der Waals surface area contributed by atoms with E-state index in [0.29, 0.717) is 17.8 Å². The fourth-order valence-electron chi connectivity index (χ4n) is 4.45. The van der Waals surface area contributed by atoms with Crippen LogP contribution in [0.2, 0.25) is 0 Å². The van der Waals surface area contributed by atoms with E-state index in [1.807, 2.05) is 60.7 Å². The summed E-state index contributed by atoms with van der Waals surface area (Å²) in [5.74, 6) is 0.603. The first kappa shape index (κ1) is 24.1. The van der Waals surface area contributed by atoms with Crippen LogP contribution < -0.4 is 20.9 Å². The van der Waals surface area contributed by atoms with Crippen molar-refractivity contribution >= 4 is 23.4 Å². The third kappa shape index (κ3) is 6.13. The number of aromatic nitrogens is 1. The van der Waals surface area contributed by atoms with Gasteiger partial charge in [0.2, 0.25) is 0 Å². The van der Waals surface area contributed by atoms with E-state index < -0.39 is 12.1 Å². The van der Waals surface area contributed by atoms with E-state index in [1.54, 1.807) is 18.3 Å². The van der Waals surface area contributed by atoms with Gasteiger partial charge in [0.05, 0.1) is 0 Å². The zero-order valence-electron chi connectivity index (χ0n) is 20.4. The fourth-order valence-corrected chi connectivity index (χ4v) is 4.45. The molecule has 5 rings (SSSR count). The maximum absolute atomic E-state index is 13.0. The molecule has 4 aromatic rings. The molecule has 37 heavy (non-hydrogen) atoms. The van der Waals surface area contributed by atoms with Crippen molar-refractivity contribution in [3.63, 3.8) is 0 Å². The van der Waals surface area contributed by atoms with Gasteiger partial charge in [0.25, 0.3) is 5.91 Å². The molecule has 0 spiro atoms. The number of carbonyl (C=O) groups excluding carboxylic acids is 2. The number of benzene rings is 3. The molecule has 0 fully saturated rings. The van der Waals surface area contributed by atoms with Gasteiger partial charge < -0.3 is 20.9 Å². The number of nitrogens with zero attached hydrogens (tertiary/aromatic N) is 2. The van der Waals surface area contributed by atoms with Crippen molar-refractivity contribution in [2.75, 3.05) is 16.8 Å². The van der Waals surface area contributed by atoms with Crippen LogP contribution in [0.25, 0.3) is 0 Å².